The van der Waals surface area contributed by atoms with E-state index in [2.05, 4.69) is 34.1 Å². The summed E-state index contributed by atoms with van der Waals surface area (Å²) in [5.41, 5.74) is 4.17. The first kappa shape index (κ1) is 17.8. The molecule has 132 valence electrons. The van der Waals surface area contributed by atoms with Gasteiger partial charge in [-0.2, -0.15) is 0 Å². The van der Waals surface area contributed by atoms with E-state index in [1.807, 2.05) is 0 Å². The number of benzene rings is 2. The van der Waals surface area contributed by atoms with Crippen molar-refractivity contribution in [3.05, 3.63) is 65.6 Å². The van der Waals surface area contributed by atoms with Crippen LogP contribution in [0.5, 0.6) is 5.75 Å². The number of ether oxygens (including phenoxy) is 1. The summed E-state index contributed by atoms with van der Waals surface area (Å²) in [6.45, 7) is 3.42. The zero-order valence-corrected chi connectivity index (χ0v) is 14.8. The second kappa shape index (κ2) is 7.89. The fourth-order valence-electron chi connectivity index (χ4n) is 3.58. The zero-order valence-electron chi connectivity index (χ0n) is 14.0. The standard InChI is InChI=1S/C20H21FN2O.ClH/c21-15-5-7-16(8-6-15)24-14-13-23-19-4-2-1-3-17(19)18-9-11-22-12-10-20(18)23;/h1-8,22H,9-14H2;1H. The maximum absolute atomic E-state index is 13.0. The van der Waals surface area contributed by atoms with Crippen molar-refractivity contribution in [1.29, 1.82) is 0 Å². The van der Waals surface area contributed by atoms with Crippen molar-refractivity contribution in [3.63, 3.8) is 0 Å². The van der Waals surface area contributed by atoms with Gasteiger partial charge in [0, 0.05) is 29.6 Å². The number of nitrogens with zero attached hydrogens (tertiary/aromatic N) is 1. The smallest absolute Gasteiger partial charge is 0.123 e. The highest BCUT2D eigenvalue weighted by atomic mass is 35.5. The summed E-state index contributed by atoms with van der Waals surface area (Å²) in [5.74, 6) is 0.470. The molecule has 5 heteroatoms. The summed E-state index contributed by atoms with van der Waals surface area (Å²) in [6.07, 6.45) is 2.11. The molecule has 1 aliphatic heterocycles. The van der Waals surface area contributed by atoms with Crippen LogP contribution >= 0.6 is 12.4 Å². The Morgan fingerprint density at radius 3 is 2.60 bits per heavy atom. The average molecular weight is 361 g/mol. The van der Waals surface area contributed by atoms with Gasteiger partial charge in [0.25, 0.3) is 0 Å². The van der Waals surface area contributed by atoms with E-state index in [4.69, 9.17) is 4.74 Å². The first-order chi connectivity index (χ1) is 11.8. The predicted molar refractivity (Wildman–Crippen MR) is 101 cm³/mol. The normalized spacial score (nSPS) is 13.8. The molecule has 0 aliphatic carbocycles. The predicted octanol–water partition coefficient (Wildman–Crippen LogP) is 3.97. The minimum absolute atomic E-state index is 0. The van der Waals surface area contributed by atoms with Gasteiger partial charge in [-0.3, -0.25) is 0 Å². The van der Waals surface area contributed by atoms with Crippen LogP contribution < -0.4 is 10.1 Å². The molecule has 0 saturated heterocycles. The molecule has 1 aliphatic rings. The van der Waals surface area contributed by atoms with E-state index in [9.17, 15) is 4.39 Å². The quantitative estimate of drug-likeness (QED) is 0.762. The van der Waals surface area contributed by atoms with Crippen LogP contribution in [0.3, 0.4) is 0 Å². The zero-order chi connectivity index (χ0) is 16.4. The summed E-state index contributed by atoms with van der Waals surface area (Å²) in [7, 11) is 0. The summed E-state index contributed by atoms with van der Waals surface area (Å²) in [5, 5.41) is 4.84. The first-order valence-electron chi connectivity index (χ1n) is 8.51. The lowest BCUT2D eigenvalue weighted by Crippen LogP contribution is -2.18. The van der Waals surface area contributed by atoms with Gasteiger partial charge in [0.05, 0.1) is 6.54 Å². The van der Waals surface area contributed by atoms with E-state index in [0.717, 1.165) is 32.5 Å². The molecule has 0 spiro atoms. The molecule has 0 unspecified atom stereocenters. The Morgan fingerprint density at radius 2 is 1.76 bits per heavy atom. The molecule has 3 nitrogen and oxygen atoms in total. The molecule has 4 rings (SSSR count). The van der Waals surface area contributed by atoms with Crippen molar-refractivity contribution >= 4 is 23.3 Å². The van der Waals surface area contributed by atoms with Crippen molar-refractivity contribution in [2.24, 2.45) is 0 Å². The van der Waals surface area contributed by atoms with Crippen molar-refractivity contribution in [1.82, 2.24) is 9.88 Å². The molecule has 0 radical (unpaired) electrons. The summed E-state index contributed by atoms with van der Waals surface area (Å²) < 4.78 is 21.2. The average Bonchev–Trinajstić information content (AvgIpc) is 2.76. The van der Waals surface area contributed by atoms with Gasteiger partial charge < -0.3 is 14.6 Å². The number of rotatable bonds is 4. The third-order valence-corrected chi connectivity index (χ3v) is 4.68. The minimum atomic E-state index is -0.239. The molecular weight excluding hydrogens is 339 g/mol. The Bertz CT molecular complexity index is 845. The number of hydrogen-bond donors (Lipinski definition) is 1. The Morgan fingerprint density at radius 1 is 1.00 bits per heavy atom. The molecule has 0 amide bonds. The highest BCUT2D eigenvalue weighted by Crippen LogP contribution is 2.28. The topological polar surface area (TPSA) is 26.2 Å². The van der Waals surface area contributed by atoms with Crippen molar-refractivity contribution < 1.29 is 9.13 Å². The van der Waals surface area contributed by atoms with Crippen LogP contribution in [-0.4, -0.2) is 24.3 Å². The first-order valence-corrected chi connectivity index (χ1v) is 8.51. The molecule has 0 saturated carbocycles. The second-order valence-corrected chi connectivity index (χ2v) is 6.15. The van der Waals surface area contributed by atoms with Crippen molar-refractivity contribution in [3.8, 4) is 5.75 Å². The fraction of sp³-hybridized carbons (Fsp3) is 0.300. The van der Waals surface area contributed by atoms with Crippen LogP contribution in [0.25, 0.3) is 10.9 Å². The Kier molecular flexibility index (Phi) is 5.61. The van der Waals surface area contributed by atoms with Gasteiger partial charge in [0.15, 0.2) is 0 Å². The highest BCUT2D eigenvalue weighted by molar-refractivity contribution is 5.86. The summed E-state index contributed by atoms with van der Waals surface area (Å²) in [4.78, 5) is 0. The van der Waals surface area contributed by atoms with E-state index >= 15 is 0 Å². The third-order valence-electron chi connectivity index (χ3n) is 4.68. The molecule has 1 N–H and O–H groups in total. The maximum atomic E-state index is 13.0. The van der Waals surface area contributed by atoms with E-state index in [-0.39, 0.29) is 18.2 Å². The van der Waals surface area contributed by atoms with E-state index < -0.39 is 0 Å². The van der Waals surface area contributed by atoms with Gasteiger partial charge in [-0.25, -0.2) is 4.39 Å². The second-order valence-electron chi connectivity index (χ2n) is 6.15. The minimum Gasteiger partial charge on any atom is -0.492 e. The lowest BCUT2D eigenvalue weighted by molar-refractivity contribution is 0.298. The van der Waals surface area contributed by atoms with Crippen molar-refractivity contribution in [2.45, 2.75) is 19.4 Å². The lowest BCUT2D eigenvalue weighted by atomic mass is 10.1. The van der Waals surface area contributed by atoms with Crippen molar-refractivity contribution in [2.75, 3.05) is 19.7 Å². The molecule has 2 heterocycles. The number of halogens is 2. The molecule has 0 fully saturated rings. The number of hydrogen-bond acceptors (Lipinski definition) is 2. The fourth-order valence-corrected chi connectivity index (χ4v) is 3.58. The monoisotopic (exact) mass is 360 g/mol. The van der Waals surface area contributed by atoms with Gasteiger partial charge in [0.1, 0.15) is 18.2 Å². The molecule has 0 atom stereocenters. The van der Waals surface area contributed by atoms with E-state index in [1.54, 1.807) is 12.1 Å². The lowest BCUT2D eigenvalue weighted by Gasteiger charge is -2.12. The highest BCUT2D eigenvalue weighted by Gasteiger charge is 2.18. The van der Waals surface area contributed by atoms with E-state index in [1.165, 1.54) is 34.3 Å². The SMILES string of the molecule is Cl.Fc1ccc(OCCn2c3c(c4ccccc42)CCNCC3)cc1. The van der Waals surface area contributed by atoms with Gasteiger partial charge in [-0.05, 0) is 48.9 Å². The van der Waals surface area contributed by atoms with Crippen LogP contribution in [0.4, 0.5) is 4.39 Å². The Labute approximate surface area is 153 Å². The summed E-state index contributed by atoms with van der Waals surface area (Å²) >= 11 is 0. The van der Waals surface area contributed by atoms with Gasteiger partial charge in [0.2, 0.25) is 0 Å². The number of nitrogens with one attached hydrogen (secondary N) is 1. The number of para-hydroxylation sites is 1. The largest absolute Gasteiger partial charge is 0.492 e. The molecule has 0 bridgehead atoms. The van der Waals surface area contributed by atoms with Crippen LogP contribution in [-0.2, 0) is 19.4 Å². The van der Waals surface area contributed by atoms with Crippen LogP contribution in [0.15, 0.2) is 48.5 Å². The van der Waals surface area contributed by atoms with Crippen LogP contribution in [0, 0.1) is 5.82 Å². The Hall–Kier alpha value is -2.04. The maximum Gasteiger partial charge on any atom is 0.123 e. The number of fused-ring (bicyclic) bond motifs is 3. The molecule has 25 heavy (non-hydrogen) atoms. The van der Waals surface area contributed by atoms with Gasteiger partial charge >= 0.3 is 0 Å². The molecule has 2 aromatic carbocycles. The van der Waals surface area contributed by atoms with Crippen LogP contribution in [0.1, 0.15) is 11.3 Å². The summed E-state index contributed by atoms with van der Waals surface area (Å²) in [6, 6.07) is 14.8. The Balaban J connectivity index is 0.00000182. The molecule has 1 aromatic heterocycles. The molecular formula is C20H22ClFN2O. The third kappa shape index (κ3) is 3.65. The molecule has 3 aromatic rings. The van der Waals surface area contributed by atoms with E-state index in [0.29, 0.717) is 12.4 Å². The van der Waals surface area contributed by atoms with Gasteiger partial charge in [-0.15, -0.1) is 12.4 Å². The van der Waals surface area contributed by atoms with Gasteiger partial charge in [-0.1, -0.05) is 18.2 Å². The number of aromatic nitrogens is 1. The van der Waals surface area contributed by atoms with Crippen LogP contribution in [0.2, 0.25) is 0 Å².